The Morgan fingerprint density at radius 1 is 1.06 bits per heavy atom. The third kappa shape index (κ3) is 2.71. The van der Waals surface area contributed by atoms with E-state index in [-0.39, 0.29) is 11.7 Å². The van der Waals surface area contributed by atoms with E-state index in [1.54, 1.807) is 12.1 Å². The molecule has 1 unspecified atom stereocenters. The highest BCUT2D eigenvalue weighted by Crippen LogP contribution is 2.24. The van der Waals surface area contributed by atoms with Crippen molar-refractivity contribution < 1.29 is 4.39 Å². The van der Waals surface area contributed by atoms with Crippen molar-refractivity contribution >= 4 is 0 Å². The van der Waals surface area contributed by atoms with Crippen molar-refractivity contribution in [2.75, 3.05) is 0 Å². The Labute approximate surface area is 101 Å². The van der Waals surface area contributed by atoms with Crippen molar-refractivity contribution in [3.05, 3.63) is 71.0 Å². The fourth-order valence-electron chi connectivity index (χ4n) is 1.91. The lowest BCUT2D eigenvalue weighted by Gasteiger charge is -2.13. The van der Waals surface area contributed by atoms with Crippen LogP contribution in [0.25, 0.3) is 0 Å². The molecule has 0 saturated carbocycles. The monoisotopic (exact) mass is 229 g/mol. The van der Waals surface area contributed by atoms with Crippen molar-refractivity contribution in [1.82, 2.24) is 0 Å². The molecule has 2 N–H and O–H groups in total. The minimum Gasteiger partial charge on any atom is -0.326 e. The van der Waals surface area contributed by atoms with Crippen molar-refractivity contribution in [2.24, 2.45) is 5.73 Å². The van der Waals surface area contributed by atoms with Gasteiger partial charge < -0.3 is 5.73 Å². The Kier molecular flexibility index (Phi) is 3.55. The molecule has 0 spiro atoms. The van der Waals surface area contributed by atoms with Gasteiger partial charge >= 0.3 is 0 Å². The SMILES string of the molecule is CC(c1ccc(CN)cc1)c1cccc(F)c1. The summed E-state index contributed by atoms with van der Waals surface area (Å²) in [6.45, 7) is 2.63. The topological polar surface area (TPSA) is 26.0 Å². The number of halogens is 1. The van der Waals surface area contributed by atoms with Crippen LogP contribution in [0.1, 0.15) is 29.5 Å². The number of benzene rings is 2. The fourth-order valence-corrected chi connectivity index (χ4v) is 1.91. The highest BCUT2D eigenvalue weighted by Gasteiger charge is 2.08. The normalized spacial score (nSPS) is 12.4. The van der Waals surface area contributed by atoms with Gasteiger partial charge in [-0.15, -0.1) is 0 Å². The van der Waals surface area contributed by atoms with E-state index in [4.69, 9.17) is 5.73 Å². The van der Waals surface area contributed by atoms with Gasteiger partial charge in [-0.1, -0.05) is 43.3 Å². The van der Waals surface area contributed by atoms with Crippen LogP contribution in [0.3, 0.4) is 0 Å². The molecule has 0 amide bonds. The van der Waals surface area contributed by atoms with Crippen LogP contribution in [0.2, 0.25) is 0 Å². The summed E-state index contributed by atoms with van der Waals surface area (Å²) in [5, 5.41) is 0. The predicted octanol–water partition coefficient (Wildman–Crippen LogP) is 3.44. The molecule has 0 heterocycles. The summed E-state index contributed by atoms with van der Waals surface area (Å²) < 4.78 is 13.1. The molecule has 1 nitrogen and oxygen atoms in total. The van der Waals surface area contributed by atoms with E-state index < -0.39 is 0 Å². The van der Waals surface area contributed by atoms with E-state index in [0.717, 1.165) is 11.1 Å². The second-order valence-electron chi connectivity index (χ2n) is 4.22. The van der Waals surface area contributed by atoms with Crippen LogP contribution < -0.4 is 5.73 Å². The third-order valence-electron chi connectivity index (χ3n) is 3.06. The van der Waals surface area contributed by atoms with Gasteiger partial charge in [-0.2, -0.15) is 0 Å². The zero-order valence-corrected chi connectivity index (χ0v) is 9.86. The number of rotatable bonds is 3. The van der Waals surface area contributed by atoms with E-state index in [2.05, 4.69) is 19.1 Å². The first-order valence-corrected chi connectivity index (χ1v) is 5.75. The molecule has 0 aromatic heterocycles. The summed E-state index contributed by atoms with van der Waals surface area (Å²) in [5.74, 6) is 0.00505. The quantitative estimate of drug-likeness (QED) is 0.857. The lowest BCUT2D eigenvalue weighted by Crippen LogP contribution is -1.99. The summed E-state index contributed by atoms with van der Waals surface area (Å²) in [4.78, 5) is 0. The highest BCUT2D eigenvalue weighted by atomic mass is 19.1. The van der Waals surface area contributed by atoms with Gasteiger partial charge in [0.2, 0.25) is 0 Å². The Bertz CT molecular complexity index is 491. The van der Waals surface area contributed by atoms with E-state index in [1.165, 1.54) is 11.6 Å². The fraction of sp³-hybridized carbons (Fsp3) is 0.200. The molecule has 2 rings (SSSR count). The minimum atomic E-state index is -0.187. The summed E-state index contributed by atoms with van der Waals surface area (Å²) in [6, 6.07) is 14.9. The van der Waals surface area contributed by atoms with Crippen molar-refractivity contribution in [2.45, 2.75) is 19.4 Å². The third-order valence-corrected chi connectivity index (χ3v) is 3.06. The van der Waals surface area contributed by atoms with Crippen molar-refractivity contribution in [1.29, 1.82) is 0 Å². The molecule has 0 aliphatic carbocycles. The van der Waals surface area contributed by atoms with Crippen LogP contribution in [-0.2, 0) is 6.54 Å². The maximum atomic E-state index is 13.1. The maximum Gasteiger partial charge on any atom is 0.123 e. The molecule has 2 aromatic rings. The van der Waals surface area contributed by atoms with Gasteiger partial charge in [0.1, 0.15) is 5.82 Å². The summed E-state index contributed by atoms with van der Waals surface area (Å²) in [5.41, 5.74) is 8.83. The second kappa shape index (κ2) is 5.11. The Balaban J connectivity index is 2.27. The Morgan fingerprint density at radius 3 is 2.35 bits per heavy atom. The molecule has 2 heteroatoms. The molecule has 88 valence electrons. The zero-order valence-electron chi connectivity index (χ0n) is 9.86. The van der Waals surface area contributed by atoms with E-state index in [0.29, 0.717) is 6.54 Å². The van der Waals surface area contributed by atoms with Crippen molar-refractivity contribution in [3.8, 4) is 0 Å². The molecule has 0 aliphatic heterocycles. The molecular weight excluding hydrogens is 213 g/mol. The van der Waals surface area contributed by atoms with Crippen LogP contribution in [0.15, 0.2) is 48.5 Å². The first-order chi connectivity index (χ1) is 8.20. The van der Waals surface area contributed by atoms with Crippen LogP contribution in [0, 0.1) is 5.82 Å². The van der Waals surface area contributed by atoms with Crippen LogP contribution in [0.5, 0.6) is 0 Å². The van der Waals surface area contributed by atoms with Gasteiger partial charge in [0.25, 0.3) is 0 Å². The molecule has 17 heavy (non-hydrogen) atoms. The molecular formula is C15H16FN. The number of hydrogen-bond donors (Lipinski definition) is 1. The summed E-state index contributed by atoms with van der Waals surface area (Å²) in [7, 11) is 0. The highest BCUT2D eigenvalue weighted by molar-refractivity contribution is 5.33. The smallest absolute Gasteiger partial charge is 0.123 e. The Hall–Kier alpha value is -1.67. The predicted molar refractivity (Wildman–Crippen MR) is 68.3 cm³/mol. The molecule has 0 radical (unpaired) electrons. The van der Waals surface area contributed by atoms with Crippen molar-refractivity contribution in [3.63, 3.8) is 0 Å². The van der Waals surface area contributed by atoms with Crippen LogP contribution in [-0.4, -0.2) is 0 Å². The molecule has 1 atom stereocenters. The Morgan fingerprint density at radius 2 is 1.76 bits per heavy atom. The van der Waals surface area contributed by atoms with Gasteiger partial charge in [0.05, 0.1) is 0 Å². The van der Waals surface area contributed by atoms with Gasteiger partial charge in [-0.05, 0) is 28.8 Å². The summed E-state index contributed by atoms with van der Waals surface area (Å²) >= 11 is 0. The zero-order chi connectivity index (χ0) is 12.3. The largest absolute Gasteiger partial charge is 0.326 e. The van der Waals surface area contributed by atoms with Gasteiger partial charge in [0, 0.05) is 12.5 Å². The number of hydrogen-bond acceptors (Lipinski definition) is 1. The van der Waals surface area contributed by atoms with E-state index >= 15 is 0 Å². The summed E-state index contributed by atoms with van der Waals surface area (Å²) in [6.07, 6.45) is 0. The second-order valence-corrected chi connectivity index (χ2v) is 4.22. The average molecular weight is 229 g/mol. The number of nitrogens with two attached hydrogens (primary N) is 1. The minimum absolute atomic E-state index is 0.187. The molecule has 0 saturated heterocycles. The van der Waals surface area contributed by atoms with Crippen LogP contribution in [0.4, 0.5) is 4.39 Å². The molecule has 0 bridgehead atoms. The lowest BCUT2D eigenvalue weighted by molar-refractivity contribution is 0.624. The van der Waals surface area contributed by atoms with Gasteiger partial charge in [-0.25, -0.2) is 4.39 Å². The standard InChI is InChI=1S/C15H16FN/c1-11(14-3-2-4-15(16)9-14)13-7-5-12(10-17)6-8-13/h2-9,11H,10,17H2,1H3. The maximum absolute atomic E-state index is 13.1. The van der Waals surface area contributed by atoms with E-state index in [9.17, 15) is 4.39 Å². The average Bonchev–Trinajstić information content (AvgIpc) is 2.38. The van der Waals surface area contributed by atoms with E-state index in [1.807, 2.05) is 18.2 Å². The lowest BCUT2D eigenvalue weighted by atomic mass is 9.92. The molecule has 0 fully saturated rings. The molecule has 0 aliphatic rings. The van der Waals surface area contributed by atoms with Gasteiger partial charge in [-0.3, -0.25) is 0 Å². The van der Waals surface area contributed by atoms with Crippen LogP contribution >= 0.6 is 0 Å². The first-order valence-electron chi connectivity index (χ1n) is 5.75. The van der Waals surface area contributed by atoms with Gasteiger partial charge in [0.15, 0.2) is 0 Å². The first kappa shape index (κ1) is 11.8. The molecule has 2 aromatic carbocycles.